The molecule has 0 unspecified atom stereocenters. The summed E-state index contributed by atoms with van der Waals surface area (Å²) in [4.78, 5) is 23.4. The van der Waals surface area contributed by atoms with Crippen LogP contribution < -0.4 is 5.32 Å². The Labute approximate surface area is 125 Å². The first-order valence-electron chi connectivity index (χ1n) is 7.40. The summed E-state index contributed by atoms with van der Waals surface area (Å²) in [5, 5.41) is 2.79. The van der Waals surface area contributed by atoms with Gasteiger partial charge in [0.25, 0.3) is 5.91 Å². The Morgan fingerprint density at radius 1 is 1.33 bits per heavy atom. The van der Waals surface area contributed by atoms with Crippen LogP contribution in [0.4, 0.5) is 5.69 Å². The van der Waals surface area contributed by atoms with Crippen molar-refractivity contribution in [3.05, 3.63) is 41.5 Å². The SMILES string of the molecule is CC/C=C/C(=O)O[C@@H](C)C(=O)Nc1ccc2c(c1)CCC2. The fourth-order valence-corrected chi connectivity index (χ4v) is 2.37. The molecule has 0 saturated carbocycles. The Hall–Kier alpha value is -2.10. The number of aryl methyl sites for hydroxylation is 2. The molecule has 1 amide bonds. The molecule has 0 spiro atoms. The predicted octanol–water partition coefficient (Wildman–Crippen LogP) is 3.01. The molecule has 4 heteroatoms. The summed E-state index contributed by atoms with van der Waals surface area (Å²) in [5.74, 6) is -0.806. The molecule has 21 heavy (non-hydrogen) atoms. The first-order valence-corrected chi connectivity index (χ1v) is 7.40. The molecule has 1 aromatic rings. The van der Waals surface area contributed by atoms with Crippen molar-refractivity contribution in [3.63, 3.8) is 0 Å². The van der Waals surface area contributed by atoms with Gasteiger partial charge in [0.2, 0.25) is 0 Å². The van der Waals surface area contributed by atoms with E-state index in [2.05, 4.69) is 11.4 Å². The third-order valence-electron chi connectivity index (χ3n) is 3.52. The van der Waals surface area contributed by atoms with Crippen molar-refractivity contribution in [2.45, 2.75) is 45.6 Å². The lowest BCUT2D eigenvalue weighted by Crippen LogP contribution is -2.29. The summed E-state index contributed by atoms with van der Waals surface area (Å²) >= 11 is 0. The fourth-order valence-electron chi connectivity index (χ4n) is 2.37. The minimum atomic E-state index is -0.813. The Kier molecular flexibility index (Phi) is 5.14. The summed E-state index contributed by atoms with van der Waals surface area (Å²) < 4.78 is 5.04. The number of fused-ring (bicyclic) bond motifs is 1. The summed E-state index contributed by atoms with van der Waals surface area (Å²) in [6, 6.07) is 5.96. The van der Waals surface area contributed by atoms with Gasteiger partial charge in [0, 0.05) is 11.8 Å². The topological polar surface area (TPSA) is 55.4 Å². The van der Waals surface area contributed by atoms with E-state index in [4.69, 9.17) is 4.74 Å². The lowest BCUT2D eigenvalue weighted by molar-refractivity contribution is -0.148. The first kappa shape index (κ1) is 15.3. The van der Waals surface area contributed by atoms with Crippen LogP contribution in [0.2, 0.25) is 0 Å². The zero-order valence-electron chi connectivity index (χ0n) is 12.5. The Morgan fingerprint density at radius 2 is 2.10 bits per heavy atom. The number of hydrogen-bond acceptors (Lipinski definition) is 3. The lowest BCUT2D eigenvalue weighted by Gasteiger charge is -2.13. The highest BCUT2D eigenvalue weighted by molar-refractivity contribution is 5.96. The van der Waals surface area contributed by atoms with E-state index in [-0.39, 0.29) is 5.91 Å². The van der Waals surface area contributed by atoms with Gasteiger partial charge in [-0.2, -0.15) is 0 Å². The summed E-state index contributed by atoms with van der Waals surface area (Å²) in [7, 11) is 0. The largest absolute Gasteiger partial charge is 0.449 e. The minimum Gasteiger partial charge on any atom is -0.449 e. The fraction of sp³-hybridized carbons (Fsp3) is 0.412. The van der Waals surface area contributed by atoms with Crippen LogP contribution >= 0.6 is 0 Å². The highest BCUT2D eigenvalue weighted by Crippen LogP contribution is 2.24. The van der Waals surface area contributed by atoms with Crippen LogP contribution in [0.1, 0.15) is 37.8 Å². The highest BCUT2D eigenvalue weighted by Gasteiger charge is 2.17. The zero-order chi connectivity index (χ0) is 15.2. The number of anilines is 1. The average molecular weight is 287 g/mol. The molecule has 0 radical (unpaired) electrons. The van der Waals surface area contributed by atoms with Crippen molar-refractivity contribution in [2.75, 3.05) is 5.32 Å². The van der Waals surface area contributed by atoms with Gasteiger partial charge in [0.15, 0.2) is 6.10 Å². The Bertz CT molecular complexity index is 563. The number of benzene rings is 1. The molecule has 0 bridgehead atoms. The molecule has 1 atom stereocenters. The van der Waals surface area contributed by atoms with Crippen molar-refractivity contribution in [1.82, 2.24) is 0 Å². The smallest absolute Gasteiger partial charge is 0.331 e. The average Bonchev–Trinajstić information content (AvgIpc) is 2.92. The second-order valence-corrected chi connectivity index (χ2v) is 5.22. The maximum atomic E-state index is 12.0. The van der Waals surface area contributed by atoms with Gasteiger partial charge < -0.3 is 10.1 Å². The van der Waals surface area contributed by atoms with Crippen LogP contribution in [0, 0.1) is 0 Å². The van der Waals surface area contributed by atoms with Gasteiger partial charge in [-0.05, 0) is 55.9 Å². The number of allylic oxidation sites excluding steroid dienone is 1. The van der Waals surface area contributed by atoms with E-state index in [1.165, 1.54) is 23.6 Å². The molecule has 0 aliphatic heterocycles. The molecule has 0 aromatic heterocycles. The number of carbonyl (C=O) groups is 2. The predicted molar refractivity (Wildman–Crippen MR) is 82.1 cm³/mol. The van der Waals surface area contributed by atoms with Crippen LogP contribution in [-0.2, 0) is 27.2 Å². The number of rotatable bonds is 5. The second-order valence-electron chi connectivity index (χ2n) is 5.22. The lowest BCUT2D eigenvalue weighted by atomic mass is 10.1. The van der Waals surface area contributed by atoms with E-state index in [1.807, 2.05) is 19.1 Å². The molecule has 1 aliphatic rings. The maximum absolute atomic E-state index is 12.0. The normalized spacial score (nSPS) is 14.8. The molecular formula is C17H21NO3. The van der Waals surface area contributed by atoms with Crippen LogP contribution in [0.3, 0.4) is 0 Å². The van der Waals surface area contributed by atoms with E-state index >= 15 is 0 Å². The Morgan fingerprint density at radius 3 is 2.86 bits per heavy atom. The summed E-state index contributed by atoms with van der Waals surface area (Å²) in [6.45, 7) is 3.49. The van der Waals surface area contributed by atoms with Crippen LogP contribution in [0.15, 0.2) is 30.4 Å². The van der Waals surface area contributed by atoms with Crippen molar-refractivity contribution in [2.24, 2.45) is 0 Å². The molecule has 4 nitrogen and oxygen atoms in total. The van der Waals surface area contributed by atoms with Crippen molar-refractivity contribution in [3.8, 4) is 0 Å². The monoisotopic (exact) mass is 287 g/mol. The van der Waals surface area contributed by atoms with Gasteiger partial charge in [0.1, 0.15) is 0 Å². The molecule has 1 aromatic carbocycles. The molecule has 1 N–H and O–H groups in total. The first-order chi connectivity index (χ1) is 10.1. The molecule has 112 valence electrons. The van der Waals surface area contributed by atoms with Gasteiger partial charge in [-0.3, -0.25) is 4.79 Å². The van der Waals surface area contributed by atoms with Crippen molar-refractivity contribution < 1.29 is 14.3 Å². The number of nitrogens with one attached hydrogen (secondary N) is 1. The third-order valence-corrected chi connectivity index (χ3v) is 3.52. The number of esters is 1. The van der Waals surface area contributed by atoms with E-state index < -0.39 is 12.1 Å². The van der Waals surface area contributed by atoms with Crippen LogP contribution in [-0.4, -0.2) is 18.0 Å². The summed E-state index contributed by atoms with van der Waals surface area (Å²) in [5.41, 5.74) is 3.41. The molecular weight excluding hydrogens is 266 g/mol. The van der Waals surface area contributed by atoms with E-state index in [0.29, 0.717) is 0 Å². The highest BCUT2D eigenvalue weighted by atomic mass is 16.5. The minimum absolute atomic E-state index is 0.314. The number of amides is 1. The zero-order valence-corrected chi connectivity index (χ0v) is 12.5. The van der Waals surface area contributed by atoms with Gasteiger partial charge in [0.05, 0.1) is 0 Å². The number of ether oxygens (including phenoxy) is 1. The standard InChI is InChI=1S/C17H21NO3/c1-3-4-8-16(19)21-12(2)17(20)18-15-10-9-13-6-5-7-14(13)11-15/h4,8-12H,3,5-7H2,1-2H3,(H,18,20)/b8-4+/t12-/m0/s1. The number of carbonyl (C=O) groups excluding carboxylic acids is 2. The maximum Gasteiger partial charge on any atom is 0.331 e. The van der Waals surface area contributed by atoms with Gasteiger partial charge in [-0.15, -0.1) is 0 Å². The second kappa shape index (κ2) is 7.07. The van der Waals surface area contributed by atoms with E-state index in [0.717, 1.165) is 24.9 Å². The van der Waals surface area contributed by atoms with Crippen molar-refractivity contribution >= 4 is 17.6 Å². The van der Waals surface area contributed by atoms with Crippen LogP contribution in [0.5, 0.6) is 0 Å². The van der Waals surface area contributed by atoms with Gasteiger partial charge >= 0.3 is 5.97 Å². The van der Waals surface area contributed by atoms with E-state index in [9.17, 15) is 9.59 Å². The van der Waals surface area contributed by atoms with Crippen molar-refractivity contribution in [1.29, 1.82) is 0 Å². The van der Waals surface area contributed by atoms with E-state index in [1.54, 1.807) is 13.0 Å². The molecule has 2 rings (SSSR count). The van der Waals surface area contributed by atoms with Gasteiger partial charge in [-0.1, -0.05) is 19.1 Å². The Balaban J connectivity index is 1.91. The quantitative estimate of drug-likeness (QED) is 0.669. The molecule has 0 fully saturated rings. The third kappa shape index (κ3) is 4.18. The van der Waals surface area contributed by atoms with Gasteiger partial charge in [-0.25, -0.2) is 4.79 Å². The number of hydrogen-bond donors (Lipinski definition) is 1. The molecule has 0 heterocycles. The molecule has 0 saturated heterocycles. The summed E-state index contributed by atoms with van der Waals surface area (Å²) in [6.07, 6.45) is 6.33. The van der Waals surface area contributed by atoms with Crippen LogP contribution in [0.25, 0.3) is 0 Å². The molecule has 1 aliphatic carbocycles.